The van der Waals surface area contributed by atoms with E-state index in [4.69, 9.17) is 4.74 Å². The standard InChI is InChI=1S/C24H27NO5S/c1-5-18-19(15-9-7-6-8-10-15)20(24(29)30-4)22(31-18)25-21(26)16-11-13(2)14(3)12-17(16)23(27)28/h6-10,16-17H,5,11-12H2,1-4H3,(H,25,26)(H,27,28)/t16-,17-/m0/s1. The van der Waals surface area contributed by atoms with Crippen molar-refractivity contribution in [1.82, 2.24) is 0 Å². The van der Waals surface area contributed by atoms with Gasteiger partial charge < -0.3 is 15.2 Å². The highest BCUT2D eigenvalue weighted by Crippen LogP contribution is 2.42. The Bertz CT molecular complexity index is 1040. The molecule has 0 unspecified atom stereocenters. The first-order chi connectivity index (χ1) is 14.8. The summed E-state index contributed by atoms with van der Waals surface area (Å²) in [7, 11) is 1.31. The lowest BCUT2D eigenvalue weighted by molar-refractivity contribution is -0.146. The van der Waals surface area contributed by atoms with Gasteiger partial charge in [0.15, 0.2) is 0 Å². The van der Waals surface area contributed by atoms with E-state index in [0.717, 1.165) is 27.2 Å². The molecule has 164 valence electrons. The number of methoxy groups -OCH3 is 1. The number of rotatable bonds is 6. The fraction of sp³-hybridized carbons (Fsp3) is 0.375. The molecule has 1 aromatic heterocycles. The van der Waals surface area contributed by atoms with Crippen LogP contribution >= 0.6 is 11.3 Å². The van der Waals surface area contributed by atoms with Crippen molar-refractivity contribution in [2.45, 2.75) is 40.0 Å². The highest BCUT2D eigenvalue weighted by atomic mass is 32.1. The van der Waals surface area contributed by atoms with Gasteiger partial charge in [-0.15, -0.1) is 11.3 Å². The Hall–Kier alpha value is -2.93. The van der Waals surface area contributed by atoms with Crippen LogP contribution in [0.2, 0.25) is 0 Å². The second-order valence-electron chi connectivity index (χ2n) is 7.82. The minimum atomic E-state index is -0.981. The largest absolute Gasteiger partial charge is 0.481 e. The second-order valence-corrected chi connectivity index (χ2v) is 8.93. The molecule has 31 heavy (non-hydrogen) atoms. The molecular formula is C24H27NO5S. The number of allylic oxidation sites excluding steroid dienone is 2. The molecule has 1 amide bonds. The Kier molecular flexibility index (Phi) is 6.95. The normalized spacial score (nSPS) is 18.6. The zero-order valence-electron chi connectivity index (χ0n) is 18.2. The number of aliphatic carboxylic acids is 1. The number of ether oxygens (including phenoxy) is 1. The molecule has 1 aromatic carbocycles. The zero-order chi connectivity index (χ0) is 22.7. The van der Waals surface area contributed by atoms with E-state index in [2.05, 4.69) is 5.32 Å². The van der Waals surface area contributed by atoms with Crippen LogP contribution in [-0.2, 0) is 20.7 Å². The number of hydrogen-bond acceptors (Lipinski definition) is 5. The summed E-state index contributed by atoms with van der Waals surface area (Å²) in [6.45, 7) is 5.83. The zero-order valence-corrected chi connectivity index (χ0v) is 19.0. The Labute approximate surface area is 185 Å². The number of aryl methyl sites for hydroxylation is 1. The van der Waals surface area contributed by atoms with E-state index in [1.165, 1.54) is 18.4 Å². The molecular weight excluding hydrogens is 414 g/mol. The van der Waals surface area contributed by atoms with Gasteiger partial charge in [0.1, 0.15) is 10.6 Å². The van der Waals surface area contributed by atoms with Crippen molar-refractivity contribution in [3.05, 3.63) is 51.9 Å². The molecule has 0 spiro atoms. The SMILES string of the molecule is CCc1sc(NC(=O)[C@H]2CC(C)=C(C)C[C@@H]2C(=O)O)c(C(=O)OC)c1-c1ccccc1. The number of hydrogen-bond donors (Lipinski definition) is 2. The van der Waals surface area contributed by atoms with E-state index >= 15 is 0 Å². The van der Waals surface area contributed by atoms with Gasteiger partial charge in [-0.2, -0.15) is 0 Å². The smallest absolute Gasteiger partial charge is 0.341 e. The number of amides is 1. The molecule has 3 rings (SSSR count). The van der Waals surface area contributed by atoms with Crippen LogP contribution in [0.15, 0.2) is 41.5 Å². The second kappa shape index (κ2) is 9.47. The van der Waals surface area contributed by atoms with E-state index in [1.54, 1.807) is 0 Å². The average molecular weight is 442 g/mol. The van der Waals surface area contributed by atoms with Gasteiger partial charge in [-0.05, 0) is 38.7 Å². The van der Waals surface area contributed by atoms with Gasteiger partial charge in [0.25, 0.3) is 0 Å². The molecule has 6 nitrogen and oxygen atoms in total. The molecule has 0 saturated carbocycles. The van der Waals surface area contributed by atoms with Crippen LogP contribution in [0.3, 0.4) is 0 Å². The van der Waals surface area contributed by atoms with Crippen LogP contribution in [-0.4, -0.2) is 30.1 Å². The minimum Gasteiger partial charge on any atom is -0.481 e. The molecule has 1 aliphatic carbocycles. The number of benzene rings is 1. The Balaban J connectivity index is 2.03. The summed E-state index contributed by atoms with van der Waals surface area (Å²) < 4.78 is 5.03. The molecule has 0 radical (unpaired) electrons. The van der Waals surface area contributed by atoms with E-state index in [0.29, 0.717) is 29.8 Å². The number of carboxylic acids is 1. The van der Waals surface area contributed by atoms with Gasteiger partial charge in [0.2, 0.25) is 5.91 Å². The number of carbonyl (C=O) groups excluding carboxylic acids is 2. The van der Waals surface area contributed by atoms with Gasteiger partial charge in [-0.1, -0.05) is 48.4 Å². The molecule has 2 atom stereocenters. The van der Waals surface area contributed by atoms with Gasteiger partial charge in [0.05, 0.1) is 18.9 Å². The highest BCUT2D eigenvalue weighted by Gasteiger charge is 2.38. The number of anilines is 1. The quantitative estimate of drug-likeness (QED) is 0.478. The summed E-state index contributed by atoms with van der Waals surface area (Å²) in [4.78, 5) is 38.7. The lowest BCUT2D eigenvalue weighted by atomic mass is 9.76. The van der Waals surface area contributed by atoms with Crippen LogP contribution < -0.4 is 5.32 Å². The Morgan fingerprint density at radius 3 is 2.26 bits per heavy atom. The number of nitrogens with one attached hydrogen (secondary N) is 1. The van der Waals surface area contributed by atoms with E-state index in [-0.39, 0.29) is 5.91 Å². The fourth-order valence-electron chi connectivity index (χ4n) is 4.05. The van der Waals surface area contributed by atoms with Crippen molar-refractivity contribution < 1.29 is 24.2 Å². The third-order valence-corrected chi connectivity index (χ3v) is 7.16. The summed E-state index contributed by atoms with van der Waals surface area (Å²) >= 11 is 1.34. The molecule has 1 heterocycles. The molecule has 0 aliphatic heterocycles. The number of thiophene rings is 1. The number of carbonyl (C=O) groups is 3. The Morgan fingerprint density at radius 1 is 1.10 bits per heavy atom. The van der Waals surface area contributed by atoms with Crippen LogP contribution in [0.25, 0.3) is 11.1 Å². The van der Waals surface area contributed by atoms with Gasteiger partial charge >= 0.3 is 11.9 Å². The molecule has 0 bridgehead atoms. The molecule has 2 aromatic rings. The molecule has 2 N–H and O–H groups in total. The minimum absolute atomic E-state index is 0.315. The molecule has 7 heteroatoms. The maximum Gasteiger partial charge on any atom is 0.341 e. The van der Waals surface area contributed by atoms with Crippen molar-refractivity contribution in [3.8, 4) is 11.1 Å². The monoisotopic (exact) mass is 441 g/mol. The Morgan fingerprint density at radius 2 is 1.71 bits per heavy atom. The molecule has 0 saturated heterocycles. The van der Waals surface area contributed by atoms with Crippen LogP contribution in [0, 0.1) is 11.8 Å². The summed E-state index contributed by atoms with van der Waals surface area (Å²) in [6, 6.07) is 9.51. The lowest BCUT2D eigenvalue weighted by Gasteiger charge is -2.29. The summed E-state index contributed by atoms with van der Waals surface area (Å²) in [5.41, 5.74) is 3.99. The molecule has 1 aliphatic rings. The number of esters is 1. The maximum atomic E-state index is 13.2. The third kappa shape index (κ3) is 4.56. The van der Waals surface area contributed by atoms with Gasteiger partial charge in [0, 0.05) is 10.4 Å². The lowest BCUT2D eigenvalue weighted by Crippen LogP contribution is -2.36. The van der Waals surface area contributed by atoms with Crippen molar-refractivity contribution >= 4 is 34.2 Å². The average Bonchev–Trinajstić information content (AvgIpc) is 3.13. The number of carboxylic acid groups (broad SMARTS) is 1. The summed E-state index contributed by atoms with van der Waals surface area (Å²) in [6.07, 6.45) is 1.42. The third-order valence-electron chi connectivity index (χ3n) is 5.91. The summed E-state index contributed by atoms with van der Waals surface area (Å²) in [5.74, 6) is -3.38. The first kappa shape index (κ1) is 22.7. The van der Waals surface area contributed by atoms with Crippen molar-refractivity contribution in [3.63, 3.8) is 0 Å². The predicted molar refractivity (Wildman–Crippen MR) is 121 cm³/mol. The highest BCUT2D eigenvalue weighted by molar-refractivity contribution is 7.17. The summed E-state index contributed by atoms with van der Waals surface area (Å²) in [5, 5.41) is 12.9. The maximum absolute atomic E-state index is 13.2. The molecule has 0 fully saturated rings. The van der Waals surface area contributed by atoms with Crippen molar-refractivity contribution in [2.75, 3.05) is 12.4 Å². The topological polar surface area (TPSA) is 92.7 Å². The fourth-order valence-corrected chi connectivity index (χ4v) is 5.21. The van der Waals surface area contributed by atoms with Crippen molar-refractivity contribution in [1.29, 1.82) is 0 Å². The van der Waals surface area contributed by atoms with Crippen molar-refractivity contribution in [2.24, 2.45) is 11.8 Å². The van der Waals surface area contributed by atoms with Gasteiger partial charge in [-0.25, -0.2) is 4.79 Å². The van der Waals surface area contributed by atoms with Crippen LogP contribution in [0.4, 0.5) is 5.00 Å². The first-order valence-corrected chi connectivity index (χ1v) is 11.1. The van der Waals surface area contributed by atoms with Gasteiger partial charge in [-0.3, -0.25) is 9.59 Å². The van der Waals surface area contributed by atoms with E-state index < -0.39 is 23.8 Å². The predicted octanol–water partition coefficient (Wildman–Crippen LogP) is 5.15. The van der Waals surface area contributed by atoms with Crippen LogP contribution in [0.5, 0.6) is 0 Å². The van der Waals surface area contributed by atoms with Crippen LogP contribution in [0.1, 0.15) is 48.8 Å². The first-order valence-electron chi connectivity index (χ1n) is 10.3. The van der Waals surface area contributed by atoms with E-state index in [1.807, 2.05) is 51.1 Å². The van der Waals surface area contributed by atoms with E-state index in [9.17, 15) is 19.5 Å².